The van der Waals surface area contributed by atoms with Crippen LogP contribution in [0.3, 0.4) is 0 Å². The van der Waals surface area contributed by atoms with Gasteiger partial charge in [0.05, 0.1) is 18.5 Å². The third-order valence-corrected chi connectivity index (χ3v) is 3.97. The van der Waals surface area contributed by atoms with E-state index in [2.05, 4.69) is 5.32 Å². The molecule has 0 aromatic heterocycles. The van der Waals surface area contributed by atoms with Crippen LogP contribution in [0.5, 0.6) is 0 Å². The lowest BCUT2D eigenvalue weighted by molar-refractivity contribution is -0.144. The Hall–Kier alpha value is -1.66. The van der Waals surface area contributed by atoms with Crippen LogP contribution in [-0.4, -0.2) is 41.5 Å². The summed E-state index contributed by atoms with van der Waals surface area (Å²) in [5, 5.41) is 11.9. The number of carboxylic acids is 1. The zero-order valence-electron chi connectivity index (χ0n) is 13.0. The van der Waals surface area contributed by atoms with Gasteiger partial charge in [0.15, 0.2) is 0 Å². The van der Waals surface area contributed by atoms with E-state index < -0.39 is 11.9 Å². The zero-order chi connectivity index (χ0) is 16.1. The average molecular weight is 345 g/mol. The van der Waals surface area contributed by atoms with Gasteiger partial charge in [-0.2, -0.15) is 0 Å². The summed E-state index contributed by atoms with van der Waals surface area (Å²) in [4.78, 5) is 25.0. The van der Waals surface area contributed by atoms with E-state index in [1.807, 2.05) is 11.8 Å². The monoisotopic (exact) mass is 344 g/mol. The zero-order valence-corrected chi connectivity index (χ0v) is 13.8. The number of halogens is 2. The number of nitrogens with one attached hydrogen (secondary N) is 1. The van der Waals surface area contributed by atoms with Crippen LogP contribution in [0.2, 0.25) is 0 Å². The third kappa shape index (κ3) is 5.80. The van der Waals surface area contributed by atoms with Gasteiger partial charge in [0.1, 0.15) is 5.82 Å². The number of nitrogens with zero attached hydrogens (tertiary/aromatic N) is 1. The lowest BCUT2D eigenvalue weighted by Gasteiger charge is -2.30. The summed E-state index contributed by atoms with van der Waals surface area (Å²) in [5.41, 5.74) is 0.830. The minimum absolute atomic E-state index is 0. The Balaban J connectivity index is 0.00000264. The lowest BCUT2D eigenvalue weighted by Crippen LogP contribution is -2.44. The molecule has 2 atom stereocenters. The van der Waals surface area contributed by atoms with Crippen LogP contribution in [0.4, 0.5) is 4.39 Å². The van der Waals surface area contributed by atoms with Crippen molar-refractivity contribution in [3.8, 4) is 0 Å². The molecule has 1 fully saturated rings. The van der Waals surface area contributed by atoms with E-state index in [4.69, 9.17) is 5.11 Å². The predicted molar refractivity (Wildman–Crippen MR) is 87.0 cm³/mol. The standard InChI is InChI=1S/C16H21FN2O3.ClH/c1-11(12-4-6-14(17)7-5-12)18-15(20)10-19-8-2-3-13(9-19)16(21)22;/h4-7,11,13H,2-3,8-10H2,1H3,(H,18,20)(H,21,22);1H. The molecule has 1 saturated heterocycles. The van der Waals surface area contributed by atoms with Gasteiger partial charge >= 0.3 is 5.97 Å². The van der Waals surface area contributed by atoms with Gasteiger partial charge in [-0.15, -0.1) is 12.4 Å². The van der Waals surface area contributed by atoms with E-state index in [1.54, 1.807) is 12.1 Å². The maximum atomic E-state index is 12.9. The molecule has 2 N–H and O–H groups in total. The van der Waals surface area contributed by atoms with Crippen LogP contribution in [0.1, 0.15) is 31.4 Å². The number of carboxylic acid groups (broad SMARTS) is 1. The van der Waals surface area contributed by atoms with Crippen LogP contribution < -0.4 is 5.32 Å². The molecule has 1 aliphatic heterocycles. The molecule has 0 bridgehead atoms. The highest BCUT2D eigenvalue weighted by atomic mass is 35.5. The van der Waals surface area contributed by atoms with Crippen molar-refractivity contribution in [3.05, 3.63) is 35.6 Å². The number of carbonyl (C=O) groups excluding carboxylic acids is 1. The van der Waals surface area contributed by atoms with E-state index in [9.17, 15) is 14.0 Å². The van der Waals surface area contributed by atoms with Gasteiger partial charge in [-0.05, 0) is 44.0 Å². The van der Waals surface area contributed by atoms with Gasteiger partial charge in [0.25, 0.3) is 0 Å². The van der Waals surface area contributed by atoms with E-state index in [-0.39, 0.29) is 36.7 Å². The van der Waals surface area contributed by atoms with Crippen molar-refractivity contribution >= 4 is 24.3 Å². The average Bonchev–Trinajstić information content (AvgIpc) is 2.47. The molecule has 0 spiro atoms. The Morgan fingerprint density at radius 2 is 2.04 bits per heavy atom. The quantitative estimate of drug-likeness (QED) is 0.859. The van der Waals surface area contributed by atoms with E-state index in [0.29, 0.717) is 13.0 Å². The van der Waals surface area contributed by atoms with Crippen molar-refractivity contribution in [2.24, 2.45) is 5.92 Å². The van der Waals surface area contributed by atoms with Gasteiger partial charge in [-0.3, -0.25) is 14.5 Å². The predicted octanol–water partition coefficient (Wildman–Crippen LogP) is 2.22. The molecular weight excluding hydrogens is 323 g/mol. The van der Waals surface area contributed by atoms with Gasteiger partial charge in [-0.1, -0.05) is 12.1 Å². The third-order valence-electron chi connectivity index (χ3n) is 3.97. The Labute approximate surface area is 141 Å². The second kappa shape index (κ2) is 8.84. The molecule has 5 nitrogen and oxygen atoms in total. The van der Waals surface area contributed by atoms with Crippen LogP contribution >= 0.6 is 12.4 Å². The number of carbonyl (C=O) groups is 2. The van der Waals surface area contributed by atoms with Crippen LogP contribution in [0, 0.1) is 11.7 Å². The second-order valence-corrected chi connectivity index (χ2v) is 5.75. The topological polar surface area (TPSA) is 69.6 Å². The number of aliphatic carboxylic acids is 1. The largest absolute Gasteiger partial charge is 0.481 e. The molecule has 1 aromatic rings. The molecule has 1 aromatic carbocycles. The van der Waals surface area contributed by atoms with E-state index >= 15 is 0 Å². The van der Waals surface area contributed by atoms with Crippen molar-refractivity contribution in [3.63, 3.8) is 0 Å². The highest BCUT2D eigenvalue weighted by Crippen LogP contribution is 2.17. The van der Waals surface area contributed by atoms with Crippen molar-refractivity contribution in [1.29, 1.82) is 0 Å². The van der Waals surface area contributed by atoms with Gasteiger partial charge in [-0.25, -0.2) is 4.39 Å². The summed E-state index contributed by atoms with van der Waals surface area (Å²) in [7, 11) is 0. The molecule has 2 unspecified atom stereocenters. The molecule has 1 heterocycles. The first kappa shape index (κ1) is 19.4. The smallest absolute Gasteiger partial charge is 0.307 e. The maximum Gasteiger partial charge on any atom is 0.307 e. The summed E-state index contributed by atoms with van der Waals surface area (Å²) >= 11 is 0. The van der Waals surface area contributed by atoms with Crippen molar-refractivity contribution in [2.75, 3.05) is 19.6 Å². The van der Waals surface area contributed by atoms with Crippen molar-refractivity contribution < 1.29 is 19.1 Å². The minimum atomic E-state index is -0.801. The number of amides is 1. The molecule has 7 heteroatoms. The molecule has 1 aliphatic rings. The normalized spacial score (nSPS) is 19.5. The summed E-state index contributed by atoms with van der Waals surface area (Å²) in [6, 6.07) is 5.79. The number of piperidine rings is 1. The van der Waals surface area contributed by atoms with E-state index in [1.165, 1.54) is 12.1 Å². The lowest BCUT2D eigenvalue weighted by atomic mass is 9.98. The van der Waals surface area contributed by atoms with Crippen LogP contribution in [0.15, 0.2) is 24.3 Å². The van der Waals surface area contributed by atoms with Gasteiger partial charge in [0, 0.05) is 6.54 Å². The summed E-state index contributed by atoms with van der Waals surface area (Å²) in [5.74, 6) is -1.65. The fourth-order valence-electron chi connectivity index (χ4n) is 2.73. The van der Waals surface area contributed by atoms with Gasteiger partial charge < -0.3 is 10.4 Å². The maximum absolute atomic E-state index is 12.9. The Bertz CT molecular complexity index is 539. The fourth-order valence-corrected chi connectivity index (χ4v) is 2.73. The van der Waals surface area contributed by atoms with Gasteiger partial charge in [0.2, 0.25) is 5.91 Å². The number of hydrogen-bond donors (Lipinski definition) is 2. The second-order valence-electron chi connectivity index (χ2n) is 5.75. The first-order valence-corrected chi connectivity index (χ1v) is 7.45. The summed E-state index contributed by atoms with van der Waals surface area (Å²) in [6.45, 7) is 3.17. The Morgan fingerprint density at radius 3 is 2.65 bits per heavy atom. The molecule has 0 saturated carbocycles. The summed E-state index contributed by atoms with van der Waals surface area (Å²) < 4.78 is 12.9. The highest BCUT2D eigenvalue weighted by Gasteiger charge is 2.26. The number of hydrogen-bond acceptors (Lipinski definition) is 3. The first-order chi connectivity index (χ1) is 10.5. The molecule has 0 radical (unpaired) electrons. The molecule has 0 aliphatic carbocycles. The Morgan fingerprint density at radius 1 is 1.39 bits per heavy atom. The fraction of sp³-hybridized carbons (Fsp3) is 0.500. The molecule has 128 valence electrons. The molecular formula is C16H22ClFN2O3. The minimum Gasteiger partial charge on any atom is -0.481 e. The SMILES string of the molecule is CC(NC(=O)CN1CCCC(C(=O)O)C1)c1ccc(F)cc1.Cl. The molecule has 23 heavy (non-hydrogen) atoms. The number of likely N-dealkylation sites (tertiary alicyclic amines) is 1. The summed E-state index contributed by atoms with van der Waals surface area (Å²) in [6.07, 6.45) is 1.46. The van der Waals surface area contributed by atoms with Crippen LogP contribution in [-0.2, 0) is 9.59 Å². The molecule has 1 amide bonds. The van der Waals surface area contributed by atoms with Crippen LogP contribution in [0.25, 0.3) is 0 Å². The van der Waals surface area contributed by atoms with Crippen molar-refractivity contribution in [2.45, 2.75) is 25.8 Å². The van der Waals surface area contributed by atoms with Crippen molar-refractivity contribution in [1.82, 2.24) is 10.2 Å². The highest BCUT2D eigenvalue weighted by molar-refractivity contribution is 5.85. The number of benzene rings is 1. The first-order valence-electron chi connectivity index (χ1n) is 7.45. The Kier molecular flexibility index (Phi) is 7.45. The van der Waals surface area contributed by atoms with E-state index in [0.717, 1.165) is 18.5 Å². The number of rotatable bonds is 5. The molecule has 2 rings (SSSR count).